The van der Waals surface area contributed by atoms with E-state index in [1.807, 2.05) is 11.3 Å². The first-order valence-electron chi connectivity index (χ1n) is 6.10. The molecule has 0 fully saturated rings. The molecule has 1 aromatic rings. The Morgan fingerprint density at radius 2 is 2.19 bits per heavy atom. The smallest absolute Gasteiger partial charge is 0.0328 e. The number of nitrogens with zero attached hydrogens (tertiary/aromatic N) is 1. The number of rotatable bonds is 7. The molecule has 0 aliphatic rings. The first-order valence-corrected chi connectivity index (χ1v) is 6.98. The second kappa shape index (κ2) is 7.05. The van der Waals surface area contributed by atoms with Crippen LogP contribution in [0.3, 0.4) is 0 Å². The van der Waals surface area contributed by atoms with Gasteiger partial charge in [0.1, 0.15) is 0 Å². The van der Waals surface area contributed by atoms with E-state index >= 15 is 0 Å². The summed E-state index contributed by atoms with van der Waals surface area (Å²) in [4.78, 5) is 3.91. The van der Waals surface area contributed by atoms with Gasteiger partial charge in [-0.05, 0) is 30.5 Å². The van der Waals surface area contributed by atoms with Crippen LogP contribution >= 0.6 is 11.3 Å². The molecule has 0 spiro atoms. The van der Waals surface area contributed by atoms with Crippen LogP contribution in [0.15, 0.2) is 11.4 Å². The van der Waals surface area contributed by atoms with Crippen molar-refractivity contribution in [3.8, 4) is 0 Å². The molecule has 0 saturated heterocycles. The van der Waals surface area contributed by atoms with Crippen LogP contribution in [0.2, 0.25) is 0 Å². The van der Waals surface area contributed by atoms with Crippen LogP contribution in [0, 0.1) is 0 Å². The standard InChI is InChI=1S/C13H24N2S/c1-5-12-6-9-16-13(12)10-15(4)8-7-14-11(2)3/h6,9,11,14H,5,7-8,10H2,1-4H3. The second-order valence-corrected chi connectivity index (χ2v) is 5.57. The molecular formula is C13H24N2S. The minimum Gasteiger partial charge on any atom is -0.313 e. The topological polar surface area (TPSA) is 15.3 Å². The Morgan fingerprint density at radius 3 is 2.81 bits per heavy atom. The van der Waals surface area contributed by atoms with Gasteiger partial charge >= 0.3 is 0 Å². The van der Waals surface area contributed by atoms with Crippen molar-refractivity contribution in [1.82, 2.24) is 10.2 Å². The van der Waals surface area contributed by atoms with Crippen LogP contribution in [-0.2, 0) is 13.0 Å². The van der Waals surface area contributed by atoms with Gasteiger partial charge in [0.25, 0.3) is 0 Å². The third-order valence-corrected chi connectivity index (χ3v) is 3.63. The number of thiophene rings is 1. The normalized spacial score (nSPS) is 11.6. The van der Waals surface area contributed by atoms with Gasteiger partial charge in [0.2, 0.25) is 0 Å². The molecule has 92 valence electrons. The van der Waals surface area contributed by atoms with Crippen LogP contribution < -0.4 is 5.32 Å². The third-order valence-electron chi connectivity index (χ3n) is 2.68. The van der Waals surface area contributed by atoms with Gasteiger partial charge in [-0.15, -0.1) is 11.3 Å². The first kappa shape index (κ1) is 13.7. The number of hydrogen-bond acceptors (Lipinski definition) is 3. The van der Waals surface area contributed by atoms with Gasteiger partial charge in [-0.25, -0.2) is 0 Å². The Bertz CT molecular complexity index is 294. The molecule has 1 aromatic heterocycles. The highest BCUT2D eigenvalue weighted by atomic mass is 32.1. The lowest BCUT2D eigenvalue weighted by Crippen LogP contribution is -2.32. The fourth-order valence-electron chi connectivity index (χ4n) is 1.69. The average molecular weight is 240 g/mol. The van der Waals surface area contributed by atoms with E-state index in [1.54, 1.807) is 0 Å². The van der Waals surface area contributed by atoms with Gasteiger partial charge in [-0.2, -0.15) is 0 Å². The Balaban J connectivity index is 2.31. The predicted octanol–water partition coefficient (Wildman–Crippen LogP) is 2.74. The van der Waals surface area contributed by atoms with Gasteiger partial charge in [0.15, 0.2) is 0 Å². The van der Waals surface area contributed by atoms with Crippen molar-refractivity contribution in [2.75, 3.05) is 20.1 Å². The zero-order valence-electron chi connectivity index (χ0n) is 10.9. The lowest BCUT2D eigenvalue weighted by atomic mass is 10.2. The molecule has 16 heavy (non-hydrogen) atoms. The van der Waals surface area contributed by atoms with Gasteiger partial charge in [-0.3, -0.25) is 0 Å². The molecule has 2 nitrogen and oxygen atoms in total. The molecular weight excluding hydrogens is 216 g/mol. The van der Waals surface area contributed by atoms with Crippen LogP contribution in [-0.4, -0.2) is 31.1 Å². The van der Waals surface area contributed by atoms with Gasteiger partial charge < -0.3 is 10.2 Å². The third kappa shape index (κ3) is 4.64. The number of likely N-dealkylation sites (N-methyl/N-ethyl adjacent to an activating group) is 1. The maximum Gasteiger partial charge on any atom is 0.0328 e. The molecule has 0 bridgehead atoms. The SMILES string of the molecule is CCc1ccsc1CN(C)CCNC(C)C. The summed E-state index contributed by atoms with van der Waals surface area (Å²) in [6, 6.07) is 2.83. The summed E-state index contributed by atoms with van der Waals surface area (Å²) in [6.45, 7) is 9.87. The fraction of sp³-hybridized carbons (Fsp3) is 0.692. The van der Waals surface area contributed by atoms with E-state index in [-0.39, 0.29) is 0 Å². The monoisotopic (exact) mass is 240 g/mol. The van der Waals surface area contributed by atoms with E-state index < -0.39 is 0 Å². The predicted molar refractivity (Wildman–Crippen MR) is 73.2 cm³/mol. The maximum atomic E-state index is 3.45. The maximum absolute atomic E-state index is 3.45. The van der Waals surface area contributed by atoms with E-state index in [0.29, 0.717) is 6.04 Å². The van der Waals surface area contributed by atoms with E-state index in [0.717, 1.165) is 26.1 Å². The van der Waals surface area contributed by atoms with Crippen molar-refractivity contribution in [3.63, 3.8) is 0 Å². The van der Waals surface area contributed by atoms with Crippen molar-refractivity contribution in [2.24, 2.45) is 0 Å². The van der Waals surface area contributed by atoms with Crippen LogP contribution in [0.25, 0.3) is 0 Å². The molecule has 0 aliphatic heterocycles. The van der Waals surface area contributed by atoms with E-state index in [9.17, 15) is 0 Å². The number of hydrogen-bond donors (Lipinski definition) is 1. The lowest BCUT2D eigenvalue weighted by molar-refractivity contribution is 0.322. The number of nitrogens with one attached hydrogen (secondary N) is 1. The summed E-state index contributed by atoms with van der Waals surface area (Å²) in [7, 11) is 2.20. The first-order chi connectivity index (χ1) is 7.63. The fourth-order valence-corrected chi connectivity index (χ4v) is 2.74. The van der Waals surface area contributed by atoms with Crippen molar-refractivity contribution in [2.45, 2.75) is 39.8 Å². The Labute approximate surface area is 104 Å². The van der Waals surface area contributed by atoms with Crippen molar-refractivity contribution in [1.29, 1.82) is 0 Å². The molecule has 1 rings (SSSR count). The molecule has 0 unspecified atom stereocenters. The molecule has 0 aliphatic carbocycles. The largest absolute Gasteiger partial charge is 0.313 e. The molecule has 3 heteroatoms. The van der Waals surface area contributed by atoms with Gasteiger partial charge in [-0.1, -0.05) is 20.8 Å². The Morgan fingerprint density at radius 1 is 1.44 bits per heavy atom. The summed E-state index contributed by atoms with van der Waals surface area (Å²) in [6.07, 6.45) is 1.15. The Hall–Kier alpha value is -0.380. The summed E-state index contributed by atoms with van der Waals surface area (Å²) < 4.78 is 0. The van der Waals surface area contributed by atoms with E-state index in [1.165, 1.54) is 10.4 Å². The van der Waals surface area contributed by atoms with E-state index in [4.69, 9.17) is 0 Å². The van der Waals surface area contributed by atoms with E-state index in [2.05, 4.69) is 49.5 Å². The molecule has 0 radical (unpaired) electrons. The molecule has 0 atom stereocenters. The van der Waals surface area contributed by atoms with Crippen LogP contribution in [0.1, 0.15) is 31.2 Å². The van der Waals surface area contributed by atoms with Crippen molar-refractivity contribution in [3.05, 3.63) is 21.9 Å². The summed E-state index contributed by atoms with van der Waals surface area (Å²) in [5.74, 6) is 0. The second-order valence-electron chi connectivity index (χ2n) is 4.57. The lowest BCUT2D eigenvalue weighted by Gasteiger charge is -2.18. The Kier molecular flexibility index (Phi) is 6.03. The summed E-state index contributed by atoms with van der Waals surface area (Å²) in [5, 5.41) is 5.65. The zero-order valence-corrected chi connectivity index (χ0v) is 11.7. The van der Waals surface area contributed by atoms with Crippen LogP contribution in [0.5, 0.6) is 0 Å². The molecule has 1 heterocycles. The average Bonchev–Trinajstić information content (AvgIpc) is 2.64. The van der Waals surface area contributed by atoms with Crippen molar-refractivity contribution >= 4 is 11.3 Å². The van der Waals surface area contributed by atoms with Crippen molar-refractivity contribution < 1.29 is 0 Å². The quantitative estimate of drug-likeness (QED) is 0.788. The van der Waals surface area contributed by atoms with Crippen LogP contribution in [0.4, 0.5) is 0 Å². The zero-order chi connectivity index (χ0) is 12.0. The molecule has 0 aromatic carbocycles. The highest BCUT2D eigenvalue weighted by molar-refractivity contribution is 7.10. The van der Waals surface area contributed by atoms with Gasteiger partial charge in [0, 0.05) is 30.6 Å². The highest BCUT2D eigenvalue weighted by Gasteiger charge is 2.05. The summed E-state index contributed by atoms with van der Waals surface area (Å²) >= 11 is 1.88. The minimum absolute atomic E-state index is 0.585. The molecule has 0 amide bonds. The highest BCUT2D eigenvalue weighted by Crippen LogP contribution is 2.18. The minimum atomic E-state index is 0.585. The molecule has 0 saturated carbocycles. The number of aryl methyl sites for hydroxylation is 1. The summed E-state index contributed by atoms with van der Waals surface area (Å²) in [5.41, 5.74) is 1.51. The van der Waals surface area contributed by atoms with Gasteiger partial charge in [0.05, 0.1) is 0 Å². The molecule has 1 N–H and O–H groups in total.